The minimum absolute atomic E-state index is 0.0956. The molecule has 0 bridgehead atoms. The number of aliphatic carboxylic acids is 1. The number of primary amides is 1. The normalized spacial score (nSPS) is 11.7. The van der Waals surface area contributed by atoms with E-state index < -0.39 is 22.2 Å². The van der Waals surface area contributed by atoms with E-state index in [9.17, 15) is 26.4 Å². The van der Waals surface area contributed by atoms with Gasteiger partial charge in [0.15, 0.2) is 5.82 Å². The van der Waals surface area contributed by atoms with E-state index in [2.05, 4.69) is 15.9 Å². The largest absolute Gasteiger partial charge is 0.496 e. The Hall–Kier alpha value is -3.86. The van der Waals surface area contributed by atoms with Gasteiger partial charge in [-0.15, -0.1) is 11.3 Å². The molecule has 43 heavy (non-hydrogen) atoms. The van der Waals surface area contributed by atoms with Crippen molar-refractivity contribution in [3.8, 4) is 5.75 Å². The van der Waals surface area contributed by atoms with E-state index in [-0.39, 0.29) is 15.9 Å². The number of benzene rings is 2. The van der Waals surface area contributed by atoms with Gasteiger partial charge in [0.2, 0.25) is 5.91 Å². The van der Waals surface area contributed by atoms with Crippen LogP contribution in [-0.2, 0) is 32.7 Å². The van der Waals surface area contributed by atoms with Crippen molar-refractivity contribution in [3.63, 3.8) is 0 Å². The lowest BCUT2D eigenvalue weighted by atomic mass is 10.1. The van der Waals surface area contributed by atoms with Gasteiger partial charge in [0.1, 0.15) is 9.96 Å². The zero-order valence-corrected chi connectivity index (χ0v) is 25.1. The number of nitrogens with two attached hydrogens (primary N) is 1. The van der Waals surface area contributed by atoms with Gasteiger partial charge in [0.25, 0.3) is 10.0 Å². The number of carbonyl (C=O) groups excluding carboxylic acids is 1. The van der Waals surface area contributed by atoms with Crippen molar-refractivity contribution < 1.29 is 41.0 Å². The SMILES string of the molecule is COc1cccc2c1c(NS(=O)(=O)c1ccc(Cl)s1)nn2Cc1cccc(CN(C)CCC(N)=O)c1.O=C(O)C(F)(F)F. The Balaban J connectivity index is 0.000000646. The molecule has 17 heteroatoms. The maximum atomic E-state index is 13.0. The number of fused-ring (bicyclic) bond motifs is 1. The van der Waals surface area contributed by atoms with Gasteiger partial charge in [0.05, 0.1) is 28.9 Å². The van der Waals surface area contributed by atoms with Gasteiger partial charge in [0, 0.05) is 19.5 Å². The number of ether oxygens (including phenoxy) is 1. The van der Waals surface area contributed by atoms with Gasteiger partial charge < -0.3 is 20.5 Å². The van der Waals surface area contributed by atoms with Crippen molar-refractivity contribution >= 4 is 61.6 Å². The van der Waals surface area contributed by atoms with Gasteiger partial charge in [-0.05, 0) is 42.4 Å². The lowest BCUT2D eigenvalue weighted by molar-refractivity contribution is -0.192. The number of hydrogen-bond acceptors (Lipinski definition) is 8. The van der Waals surface area contributed by atoms with Crippen molar-refractivity contribution in [2.75, 3.05) is 25.4 Å². The van der Waals surface area contributed by atoms with Crippen LogP contribution in [0.5, 0.6) is 5.75 Å². The van der Waals surface area contributed by atoms with Gasteiger partial charge >= 0.3 is 12.1 Å². The zero-order chi connectivity index (χ0) is 31.9. The molecule has 0 atom stereocenters. The van der Waals surface area contributed by atoms with Crippen molar-refractivity contribution in [2.45, 2.75) is 29.9 Å². The number of amides is 1. The average Bonchev–Trinajstić information content (AvgIpc) is 3.51. The molecule has 0 saturated heterocycles. The number of rotatable bonds is 11. The van der Waals surface area contributed by atoms with Crippen LogP contribution >= 0.6 is 22.9 Å². The molecule has 0 aliphatic heterocycles. The standard InChI is InChI=1S/C24H26ClN5O4S2.C2HF3O2/c1-29(12-11-21(26)31)14-16-5-3-6-17(13-16)15-30-18-7-4-8-19(34-2)23(18)24(27-30)28-36(32,33)22-10-9-20(25)35-22;3-2(4,5)1(6)7/h3-10,13H,11-12,14-15H2,1-2H3,(H2,26,31)(H,27,28);(H,6,7). The summed E-state index contributed by atoms with van der Waals surface area (Å²) in [6.07, 6.45) is -4.78. The highest BCUT2D eigenvalue weighted by molar-refractivity contribution is 7.94. The Kier molecular flexibility index (Phi) is 11.0. The summed E-state index contributed by atoms with van der Waals surface area (Å²) in [5, 5.41) is 12.3. The number of anilines is 1. The first-order chi connectivity index (χ1) is 20.1. The molecule has 0 saturated carbocycles. The minimum Gasteiger partial charge on any atom is -0.496 e. The second kappa shape index (κ2) is 14.1. The van der Waals surface area contributed by atoms with Gasteiger partial charge in [-0.2, -0.15) is 18.3 Å². The fourth-order valence-electron chi connectivity index (χ4n) is 3.87. The molecule has 232 valence electrons. The van der Waals surface area contributed by atoms with E-state index in [0.29, 0.717) is 41.5 Å². The number of carboxylic acids is 1. The van der Waals surface area contributed by atoms with E-state index in [1.807, 2.05) is 42.3 Å². The molecule has 2 aromatic carbocycles. The maximum absolute atomic E-state index is 13.0. The molecule has 1 amide bonds. The third-order valence-corrected chi connectivity index (χ3v) is 8.82. The van der Waals surface area contributed by atoms with Crippen molar-refractivity contribution in [1.29, 1.82) is 0 Å². The molecule has 2 aromatic heterocycles. The first-order valence-electron chi connectivity index (χ1n) is 12.3. The van der Waals surface area contributed by atoms with Crippen LogP contribution in [0.3, 0.4) is 0 Å². The number of alkyl halides is 3. The topological polar surface area (TPSA) is 157 Å². The van der Waals surface area contributed by atoms with Crippen LogP contribution in [0.4, 0.5) is 19.0 Å². The average molecular weight is 662 g/mol. The second-order valence-electron chi connectivity index (χ2n) is 9.10. The van der Waals surface area contributed by atoms with E-state index in [1.54, 1.807) is 10.7 Å². The van der Waals surface area contributed by atoms with Gasteiger partial charge in [-0.25, -0.2) is 13.2 Å². The molecular formula is C26H27ClF3N5O6S2. The fourth-order valence-corrected chi connectivity index (χ4v) is 6.36. The molecule has 0 fully saturated rings. The summed E-state index contributed by atoms with van der Waals surface area (Å²) >= 11 is 6.91. The predicted molar refractivity (Wildman–Crippen MR) is 156 cm³/mol. The van der Waals surface area contributed by atoms with Crippen molar-refractivity contribution in [1.82, 2.24) is 14.7 Å². The molecule has 0 radical (unpaired) electrons. The Morgan fingerprint density at radius 3 is 2.40 bits per heavy atom. The predicted octanol–water partition coefficient (Wildman–Crippen LogP) is 4.55. The second-order valence-corrected chi connectivity index (χ2v) is 12.7. The Morgan fingerprint density at radius 1 is 1.16 bits per heavy atom. The first kappa shape index (κ1) is 33.6. The summed E-state index contributed by atoms with van der Waals surface area (Å²) < 4.78 is 68.0. The van der Waals surface area contributed by atoms with Crippen LogP contribution in [0.25, 0.3) is 10.9 Å². The Morgan fingerprint density at radius 2 is 1.81 bits per heavy atom. The Labute approximate surface area is 253 Å². The highest BCUT2D eigenvalue weighted by Gasteiger charge is 2.38. The molecule has 0 unspecified atom stereocenters. The third-order valence-electron chi connectivity index (χ3n) is 5.76. The number of methoxy groups -OCH3 is 1. The van der Waals surface area contributed by atoms with Crippen LogP contribution in [0.15, 0.2) is 58.8 Å². The lowest BCUT2D eigenvalue weighted by Crippen LogP contribution is -2.24. The van der Waals surface area contributed by atoms with Crippen LogP contribution in [0, 0.1) is 0 Å². The number of nitrogens with one attached hydrogen (secondary N) is 1. The number of halogens is 4. The zero-order valence-electron chi connectivity index (χ0n) is 22.8. The van der Waals surface area contributed by atoms with E-state index in [4.69, 9.17) is 32.0 Å². The van der Waals surface area contributed by atoms with E-state index in [0.717, 1.165) is 28.0 Å². The number of sulfonamides is 1. The highest BCUT2D eigenvalue weighted by atomic mass is 35.5. The molecule has 2 heterocycles. The molecule has 0 aliphatic carbocycles. The third kappa shape index (κ3) is 9.31. The maximum Gasteiger partial charge on any atom is 0.490 e. The summed E-state index contributed by atoms with van der Waals surface area (Å²) in [6, 6.07) is 16.5. The Bertz CT molecular complexity index is 1710. The summed E-state index contributed by atoms with van der Waals surface area (Å²) in [4.78, 5) is 22.0. The number of aromatic nitrogens is 2. The van der Waals surface area contributed by atoms with Crippen LogP contribution in [0.2, 0.25) is 4.34 Å². The van der Waals surface area contributed by atoms with E-state index in [1.165, 1.54) is 19.2 Å². The lowest BCUT2D eigenvalue weighted by Gasteiger charge is -2.16. The highest BCUT2D eigenvalue weighted by Crippen LogP contribution is 2.35. The molecule has 0 aliphatic rings. The monoisotopic (exact) mass is 661 g/mol. The quantitative estimate of drug-likeness (QED) is 0.211. The molecule has 11 nitrogen and oxygen atoms in total. The van der Waals surface area contributed by atoms with Crippen molar-refractivity contribution in [2.24, 2.45) is 5.73 Å². The summed E-state index contributed by atoms with van der Waals surface area (Å²) in [5.74, 6) is -2.41. The minimum atomic E-state index is -5.08. The number of carboxylic acid groups (broad SMARTS) is 1. The molecule has 4 N–H and O–H groups in total. The van der Waals surface area contributed by atoms with Gasteiger partial charge in [-0.1, -0.05) is 41.9 Å². The first-order valence-corrected chi connectivity index (χ1v) is 14.9. The van der Waals surface area contributed by atoms with Gasteiger partial charge in [-0.3, -0.25) is 14.2 Å². The number of thiophene rings is 1. The smallest absolute Gasteiger partial charge is 0.490 e. The van der Waals surface area contributed by atoms with Crippen LogP contribution in [0.1, 0.15) is 17.5 Å². The molecule has 4 rings (SSSR count). The fraction of sp³-hybridized carbons (Fsp3) is 0.269. The number of carbonyl (C=O) groups is 2. The summed E-state index contributed by atoms with van der Waals surface area (Å²) in [6.45, 7) is 1.64. The van der Waals surface area contributed by atoms with E-state index >= 15 is 0 Å². The number of nitrogens with zero attached hydrogens (tertiary/aromatic N) is 3. The molecule has 0 spiro atoms. The van der Waals surface area contributed by atoms with Crippen LogP contribution < -0.4 is 15.2 Å². The number of hydrogen-bond donors (Lipinski definition) is 3. The van der Waals surface area contributed by atoms with Crippen LogP contribution in [-0.4, -0.2) is 67.0 Å². The van der Waals surface area contributed by atoms with Crippen molar-refractivity contribution in [3.05, 3.63) is 70.1 Å². The molecule has 4 aromatic rings. The molecular weight excluding hydrogens is 635 g/mol. The summed E-state index contributed by atoms with van der Waals surface area (Å²) in [7, 11) is -0.424. The summed E-state index contributed by atoms with van der Waals surface area (Å²) in [5.41, 5.74) is 8.04.